The molecule has 3 nitrogen and oxygen atoms in total. The summed E-state index contributed by atoms with van der Waals surface area (Å²) in [7, 11) is 1.98. The summed E-state index contributed by atoms with van der Waals surface area (Å²) in [6.45, 7) is 1.97. The average molecular weight is 308 g/mol. The van der Waals surface area contributed by atoms with Crippen LogP contribution in [0.2, 0.25) is 5.02 Å². The smallest absolute Gasteiger partial charge is 0.0847 e. The molecular formula is C17H26ClN3. The Labute approximate surface area is 132 Å². The quantitative estimate of drug-likeness (QED) is 0.931. The Bertz CT molecular complexity index is 522. The number of nitrogens with two attached hydrogens (primary N) is 1. The van der Waals surface area contributed by atoms with E-state index in [4.69, 9.17) is 17.3 Å². The first-order chi connectivity index (χ1) is 10.0. The molecular weight excluding hydrogens is 282 g/mol. The molecule has 0 aromatic carbocycles. The van der Waals surface area contributed by atoms with E-state index in [2.05, 4.69) is 5.10 Å². The van der Waals surface area contributed by atoms with E-state index in [1.54, 1.807) is 0 Å². The molecule has 1 heterocycles. The van der Waals surface area contributed by atoms with E-state index in [1.165, 1.54) is 32.1 Å². The fraction of sp³-hybridized carbons (Fsp3) is 0.824. The van der Waals surface area contributed by atoms with Gasteiger partial charge < -0.3 is 5.73 Å². The maximum atomic E-state index is 6.68. The van der Waals surface area contributed by atoms with E-state index in [-0.39, 0.29) is 6.04 Å². The molecule has 4 fully saturated rings. The first kappa shape index (κ1) is 14.1. The third kappa shape index (κ3) is 2.24. The number of hydrogen-bond acceptors (Lipinski definition) is 2. The first-order valence-electron chi connectivity index (χ1n) is 8.46. The molecule has 0 amide bonds. The minimum Gasteiger partial charge on any atom is -0.327 e. The number of halogens is 1. The molecule has 4 heteroatoms. The van der Waals surface area contributed by atoms with Crippen molar-refractivity contribution in [2.75, 3.05) is 0 Å². The maximum absolute atomic E-state index is 6.68. The molecule has 0 aliphatic heterocycles. The van der Waals surface area contributed by atoms with Crippen molar-refractivity contribution in [3.63, 3.8) is 0 Å². The van der Waals surface area contributed by atoms with E-state index in [0.717, 1.165) is 46.5 Å². The number of aryl methyl sites for hydroxylation is 2. The Hall–Kier alpha value is -0.540. The van der Waals surface area contributed by atoms with Gasteiger partial charge in [0, 0.05) is 19.5 Å². The lowest BCUT2D eigenvalue weighted by Gasteiger charge is -2.56. The topological polar surface area (TPSA) is 43.8 Å². The second-order valence-electron chi connectivity index (χ2n) is 7.85. The Balaban J connectivity index is 1.54. The molecule has 4 aliphatic rings. The molecule has 1 atom stereocenters. The highest BCUT2D eigenvalue weighted by atomic mass is 35.5. The zero-order valence-electron chi connectivity index (χ0n) is 13.1. The molecule has 1 unspecified atom stereocenters. The zero-order valence-corrected chi connectivity index (χ0v) is 13.8. The summed E-state index contributed by atoms with van der Waals surface area (Å²) in [4.78, 5) is 0. The van der Waals surface area contributed by atoms with Crippen LogP contribution in [0.15, 0.2) is 0 Å². The van der Waals surface area contributed by atoms with Crippen LogP contribution in [0.5, 0.6) is 0 Å². The largest absolute Gasteiger partial charge is 0.327 e. The van der Waals surface area contributed by atoms with Crippen molar-refractivity contribution in [2.45, 2.75) is 51.5 Å². The minimum atomic E-state index is 0.243. The van der Waals surface area contributed by atoms with Crippen molar-refractivity contribution in [3.05, 3.63) is 16.4 Å². The Morgan fingerprint density at radius 3 is 2.24 bits per heavy atom. The Morgan fingerprint density at radius 1 is 1.19 bits per heavy atom. The van der Waals surface area contributed by atoms with Gasteiger partial charge in [0.15, 0.2) is 0 Å². The number of aromatic nitrogens is 2. The van der Waals surface area contributed by atoms with Crippen molar-refractivity contribution in [2.24, 2.45) is 42.4 Å². The minimum absolute atomic E-state index is 0.243. The lowest BCUT2D eigenvalue weighted by atomic mass is 9.50. The molecule has 116 valence electrons. The van der Waals surface area contributed by atoms with E-state index >= 15 is 0 Å². The van der Waals surface area contributed by atoms with Gasteiger partial charge >= 0.3 is 0 Å². The normalized spacial score (nSPS) is 39.0. The zero-order chi connectivity index (χ0) is 14.7. The molecule has 0 radical (unpaired) electrons. The molecule has 21 heavy (non-hydrogen) atoms. The number of hydrogen-bond donors (Lipinski definition) is 1. The summed E-state index contributed by atoms with van der Waals surface area (Å²) >= 11 is 6.41. The SMILES string of the molecule is Cc1nn(C)c(CC(N)C2C3CC4CC(C3)CC2C4)c1Cl. The lowest BCUT2D eigenvalue weighted by Crippen LogP contribution is -2.52. The average Bonchev–Trinajstić information content (AvgIpc) is 2.64. The highest BCUT2D eigenvalue weighted by Crippen LogP contribution is 2.57. The molecule has 1 aromatic rings. The van der Waals surface area contributed by atoms with Crippen LogP contribution >= 0.6 is 11.6 Å². The van der Waals surface area contributed by atoms with Crippen LogP contribution in [0.1, 0.15) is 43.5 Å². The van der Waals surface area contributed by atoms with Crippen molar-refractivity contribution in [1.82, 2.24) is 9.78 Å². The standard InChI is InChI=1S/C17H26ClN3/c1-9-17(18)15(21(2)20-9)8-14(19)16-12-4-10-3-11(6-12)7-13(16)5-10/h10-14,16H,3-8,19H2,1-2H3. The van der Waals surface area contributed by atoms with Crippen LogP contribution < -0.4 is 5.73 Å². The second kappa shape index (κ2) is 4.99. The van der Waals surface area contributed by atoms with Crippen LogP contribution in [0.4, 0.5) is 0 Å². The van der Waals surface area contributed by atoms with E-state index in [1.807, 2.05) is 18.7 Å². The van der Waals surface area contributed by atoms with Gasteiger partial charge in [-0.2, -0.15) is 5.10 Å². The van der Waals surface area contributed by atoms with E-state index in [0.29, 0.717) is 5.92 Å². The van der Waals surface area contributed by atoms with Gasteiger partial charge in [-0.3, -0.25) is 4.68 Å². The third-order valence-electron chi connectivity index (χ3n) is 6.48. The summed E-state index contributed by atoms with van der Waals surface area (Å²) in [5.41, 5.74) is 8.72. The summed E-state index contributed by atoms with van der Waals surface area (Å²) in [5.74, 6) is 4.50. The van der Waals surface area contributed by atoms with Crippen LogP contribution in [-0.2, 0) is 13.5 Å². The summed E-state index contributed by atoms with van der Waals surface area (Å²) in [6.07, 6.45) is 8.12. The molecule has 4 bridgehead atoms. The summed E-state index contributed by atoms with van der Waals surface area (Å²) < 4.78 is 1.92. The van der Waals surface area contributed by atoms with Crippen LogP contribution in [-0.4, -0.2) is 15.8 Å². The number of nitrogens with zero attached hydrogens (tertiary/aromatic N) is 2. The predicted octanol–water partition coefficient (Wildman–Crippen LogP) is 3.32. The van der Waals surface area contributed by atoms with Crippen LogP contribution in [0.25, 0.3) is 0 Å². The second-order valence-corrected chi connectivity index (χ2v) is 8.22. The van der Waals surface area contributed by atoms with Crippen LogP contribution in [0, 0.1) is 36.5 Å². The Morgan fingerprint density at radius 2 is 1.76 bits per heavy atom. The fourth-order valence-electron chi connectivity index (χ4n) is 5.93. The first-order valence-corrected chi connectivity index (χ1v) is 8.84. The van der Waals surface area contributed by atoms with Crippen molar-refractivity contribution < 1.29 is 0 Å². The van der Waals surface area contributed by atoms with Gasteiger partial charge in [0.05, 0.1) is 16.4 Å². The van der Waals surface area contributed by atoms with Gasteiger partial charge in [-0.25, -0.2) is 0 Å². The molecule has 0 saturated heterocycles. The lowest BCUT2D eigenvalue weighted by molar-refractivity contribution is -0.0466. The van der Waals surface area contributed by atoms with Crippen molar-refractivity contribution >= 4 is 11.6 Å². The highest BCUT2D eigenvalue weighted by Gasteiger charge is 2.49. The molecule has 5 rings (SSSR count). The van der Waals surface area contributed by atoms with Gasteiger partial charge in [-0.1, -0.05) is 11.6 Å². The summed E-state index contributed by atoms with van der Waals surface area (Å²) in [6, 6.07) is 0.243. The van der Waals surface area contributed by atoms with E-state index in [9.17, 15) is 0 Å². The fourth-order valence-corrected chi connectivity index (χ4v) is 6.16. The van der Waals surface area contributed by atoms with Gasteiger partial charge in [-0.05, 0) is 68.6 Å². The molecule has 0 spiro atoms. The highest BCUT2D eigenvalue weighted by molar-refractivity contribution is 6.31. The van der Waals surface area contributed by atoms with Gasteiger partial charge in [0.2, 0.25) is 0 Å². The van der Waals surface area contributed by atoms with Gasteiger partial charge in [-0.15, -0.1) is 0 Å². The van der Waals surface area contributed by atoms with Gasteiger partial charge in [0.25, 0.3) is 0 Å². The van der Waals surface area contributed by atoms with Crippen molar-refractivity contribution in [1.29, 1.82) is 0 Å². The van der Waals surface area contributed by atoms with Crippen LogP contribution in [0.3, 0.4) is 0 Å². The maximum Gasteiger partial charge on any atom is 0.0847 e. The van der Waals surface area contributed by atoms with E-state index < -0.39 is 0 Å². The molecule has 1 aromatic heterocycles. The van der Waals surface area contributed by atoms with Gasteiger partial charge in [0.1, 0.15) is 0 Å². The molecule has 4 aliphatic carbocycles. The molecule has 2 N–H and O–H groups in total. The Kier molecular flexibility index (Phi) is 3.34. The monoisotopic (exact) mass is 307 g/mol. The number of rotatable bonds is 3. The summed E-state index contributed by atoms with van der Waals surface area (Å²) in [5, 5.41) is 5.25. The predicted molar refractivity (Wildman–Crippen MR) is 85.2 cm³/mol. The molecule has 4 saturated carbocycles. The third-order valence-corrected chi connectivity index (χ3v) is 6.98. The van der Waals surface area contributed by atoms with Crippen molar-refractivity contribution in [3.8, 4) is 0 Å².